The maximum Gasteiger partial charge on any atom is 0.262 e. The van der Waals surface area contributed by atoms with Gasteiger partial charge in [-0.2, -0.15) is 0 Å². The first-order chi connectivity index (χ1) is 14.4. The number of thioether (sulfide) groups is 1. The molecule has 2 aliphatic heterocycles. The molecule has 11 heteroatoms. The molecule has 1 unspecified atom stereocenters. The summed E-state index contributed by atoms with van der Waals surface area (Å²) in [7, 11) is -3.05. The topological polar surface area (TPSA) is 120 Å². The molecule has 4 rings (SSSR count). The van der Waals surface area contributed by atoms with Crippen LogP contribution in [0.25, 0.3) is 0 Å². The lowest BCUT2D eigenvalue weighted by atomic mass is 10.1. The number of hydrogen-bond donors (Lipinski definition) is 1. The van der Waals surface area contributed by atoms with Crippen molar-refractivity contribution in [3.05, 3.63) is 42.2 Å². The van der Waals surface area contributed by atoms with E-state index in [1.165, 1.54) is 11.8 Å². The van der Waals surface area contributed by atoms with Crippen LogP contribution in [-0.4, -0.2) is 58.7 Å². The van der Waals surface area contributed by atoms with E-state index in [1.807, 2.05) is 4.57 Å². The van der Waals surface area contributed by atoms with Crippen LogP contribution in [0.5, 0.6) is 5.75 Å². The molecule has 158 valence electrons. The highest BCUT2D eigenvalue weighted by molar-refractivity contribution is 7.99. The Labute approximate surface area is 177 Å². The van der Waals surface area contributed by atoms with Crippen molar-refractivity contribution in [1.82, 2.24) is 14.8 Å². The lowest BCUT2D eigenvalue weighted by molar-refractivity contribution is -0.118. The molecule has 1 fully saturated rings. The molecule has 1 saturated heterocycles. The molecule has 1 aromatic heterocycles. The second kappa shape index (κ2) is 8.23. The molecular weight excluding hydrogens is 428 g/mol. The summed E-state index contributed by atoms with van der Waals surface area (Å²) in [4.78, 5) is 24.2. The van der Waals surface area contributed by atoms with Crippen molar-refractivity contribution in [3.63, 3.8) is 0 Å². The molecule has 0 spiro atoms. The molecule has 0 saturated carbocycles. The number of hydrogen-bond acceptors (Lipinski definition) is 8. The van der Waals surface area contributed by atoms with Gasteiger partial charge in [0.25, 0.3) is 5.91 Å². The molecule has 30 heavy (non-hydrogen) atoms. The Kier molecular flexibility index (Phi) is 5.65. The van der Waals surface area contributed by atoms with Crippen LogP contribution in [0.2, 0.25) is 0 Å². The van der Waals surface area contributed by atoms with Crippen molar-refractivity contribution in [2.45, 2.75) is 24.0 Å². The zero-order valence-corrected chi connectivity index (χ0v) is 17.7. The fourth-order valence-corrected chi connectivity index (χ4v) is 6.07. The Morgan fingerprint density at radius 1 is 1.40 bits per heavy atom. The van der Waals surface area contributed by atoms with E-state index in [4.69, 9.17) is 4.74 Å². The summed E-state index contributed by atoms with van der Waals surface area (Å²) in [6.45, 7) is 4.13. The Morgan fingerprint density at radius 2 is 2.23 bits per heavy atom. The van der Waals surface area contributed by atoms with Gasteiger partial charge in [-0.15, -0.1) is 16.8 Å². The van der Waals surface area contributed by atoms with Gasteiger partial charge in [-0.3, -0.25) is 9.59 Å². The third kappa shape index (κ3) is 4.26. The minimum atomic E-state index is -3.05. The minimum Gasteiger partial charge on any atom is -0.482 e. The van der Waals surface area contributed by atoms with E-state index in [0.717, 1.165) is 0 Å². The van der Waals surface area contributed by atoms with Gasteiger partial charge in [0.15, 0.2) is 27.4 Å². The Morgan fingerprint density at radius 3 is 2.97 bits per heavy atom. The van der Waals surface area contributed by atoms with Crippen molar-refractivity contribution in [2.24, 2.45) is 0 Å². The molecule has 1 amide bonds. The Hall–Kier alpha value is -2.66. The van der Waals surface area contributed by atoms with E-state index in [-0.39, 0.29) is 41.5 Å². The zero-order valence-electron chi connectivity index (χ0n) is 16.0. The third-order valence-corrected chi connectivity index (χ3v) is 7.66. The molecule has 2 aliphatic rings. The second-order valence-corrected chi connectivity index (χ2v) is 10.3. The van der Waals surface area contributed by atoms with Crippen LogP contribution in [0.4, 0.5) is 5.69 Å². The number of ketones is 1. The smallest absolute Gasteiger partial charge is 0.262 e. The number of amides is 1. The number of benzene rings is 1. The van der Waals surface area contributed by atoms with Crippen LogP contribution in [0.1, 0.15) is 28.5 Å². The quantitative estimate of drug-likeness (QED) is 0.386. The van der Waals surface area contributed by atoms with E-state index in [2.05, 4.69) is 22.1 Å². The summed E-state index contributed by atoms with van der Waals surface area (Å²) >= 11 is 1.23. The first-order valence-corrected chi connectivity index (χ1v) is 12.1. The van der Waals surface area contributed by atoms with E-state index >= 15 is 0 Å². The predicted molar refractivity (Wildman–Crippen MR) is 112 cm³/mol. The second-order valence-electron chi connectivity index (χ2n) is 7.10. The fraction of sp³-hybridized carbons (Fsp3) is 0.368. The van der Waals surface area contributed by atoms with Gasteiger partial charge in [0, 0.05) is 18.0 Å². The van der Waals surface area contributed by atoms with Gasteiger partial charge in [0.1, 0.15) is 11.6 Å². The molecular formula is C19H20N4O5S2. The number of Topliss-reactive ketones (excluding diaryl/α,β-unsaturated/α-hetero) is 1. The number of nitrogens with one attached hydrogen (secondary N) is 1. The number of rotatable bonds is 7. The van der Waals surface area contributed by atoms with E-state index in [9.17, 15) is 18.0 Å². The monoisotopic (exact) mass is 448 g/mol. The van der Waals surface area contributed by atoms with Gasteiger partial charge < -0.3 is 14.6 Å². The SMILES string of the molecule is C=CCn1c(SCC(=O)c2ccc3c(c2)NC(=O)CO3)nnc1C1CCS(=O)(=O)C1. The first-order valence-electron chi connectivity index (χ1n) is 9.33. The van der Waals surface area contributed by atoms with Crippen LogP contribution >= 0.6 is 11.8 Å². The lowest BCUT2D eigenvalue weighted by Crippen LogP contribution is -2.25. The van der Waals surface area contributed by atoms with E-state index in [0.29, 0.717) is 40.9 Å². The molecule has 9 nitrogen and oxygen atoms in total. The summed E-state index contributed by atoms with van der Waals surface area (Å²) in [5, 5.41) is 11.6. The summed E-state index contributed by atoms with van der Waals surface area (Å²) in [6.07, 6.45) is 2.21. The first kappa shape index (κ1) is 20.6. The number of sulfone groups is 1. The summed E-state index contributed by atoms with van der Waals surface area (Å²) < 4.78 is 30.8. The summed E-state index contributed by atoms with van der Waals surface area (Å²) in [5.74, 6) is 0.872. The van der Waals surface area contributed by atoms with Crippen molar-refractivity contribution in [2.75, 3.05) is 29.2 Å². The normalized spacial score (nSPS) is 19.6. The van der Waals surface area contributed by atoms with Crippen molar-refractivity contribution >= 4 is 39.0 Å². The predicted octanol–water partition coefficient (Wildman–Crippen LogP) is 1.67. The number of ether oxygens (including phenoxy) is 1. The largest absolute Gasteiger partial charge is 0.482 e. The van der Waals surface area contributed by atoms with Gasteiger partial charge in [0.05, 0.1) is 22.9 Å². The van der Waals surface area contributed by atoms with Crippen LogP contribution in [0.3, 0.4) is 0 Å². The zero-order chi connectivity index (χ0) is 21.3. The number of aromatic nitrogens is 3. The van der Waals surface area contributed by atoms with Crippen LogP contribution in [0.15, 0.2) is 36.0 Å². The lowest BCUT2D eigenvalue weighted by Gasteiger charge is -2.18. The average molecular weight is 449 g/mol. The number of nitrogens with zero attached hydrogens (tertiary/aromatic N) is 3. The molecule has 0 bridgehead atoms. The van der Waals surface area contributed by atoms with Crippen LogP contribution < -0.4 is 10.1 Å². The molecule has 0 aliphatic carbocycles. The molecule has 2 aromatic rings. The van der Waals surface area contributed by atoms with Gasteiger partial charge in [-0.1, -0.05) is 17.8 Å². The molecule has 1 aromatic carbocycles. The molecule has 3 heterocycles. The Balaban J connectivity index is 1.48. The molecule has 0 radical (unpaired) electrons. The van der Waals surface area contributed by atoms with Crippen LogP contribution in [-0.2, 0) is 21.2 Å². The average Bonchev–Trinajstić information content (AvgIpc) is 3.28. The van der Waals surface area contributed by atoms with Gasteiger partial charge >= 0.3 is 0 Å². The fourth-order valence-electron chi connectivity index (χ4n) is 3.48. The third-order valence-electron chi connectivity index (χ3n) is 4.92. The van der Waals surface area contributed by atoms with E-state index in [1.54, 1.807) is 24.3 Å². The highest BCUT2D eigenvalue weighted by Gasteiger charge is 2.33. The number of anilines is 1. The van der Waals surface area contributed by atoms with E-state index < -0.39 is 9.84 Å². The Bertz CT molecular complexity index is 1130. The number of carbonyl (C=O) groups is 2. The maximum atomic E-state index is 12.7. The molecule has 1 N–H and O–H groups in total. The summed E-state index contributed by atoms with van der Waals surface area (Å²) in [5.41, 5.74) is 0.922. The number of carbonyl (C=O) groups excluding carboxylic acids is 2. The van der Waals surface area contributed by atoms with Gasteiger partial charge in [-0.05, 0) is 24.6 Å². The van der Waals surface area contributed by atoms with Crippen molar-refractivity contribution < 1.29 is 22.7 Å². The highest BCUT2D eigenvalue weighted by atomic mass is 32.2. The van der Waals surface area contributed by atoms with Gasteiger partial charge in [0.2, 0.25) is 0 Å². The van der Waals surface area contributed by atoms with Gasteiger partial charge in [-0.25, -0.2) is 8.42 Å². The highest BCUT2D eigenvalue weighted by Crippen LogP contribution is 2.31. The van der Waals surface area contributed by atoms with Crippen LogP contribution in [0, 0.1) is 0 Å². The molecule has 1 atom stereocenters. The number of allylic oxidation sites excluding steroid dienone is 1. The van der Waals surface area contributed by atoms with Crippen molar-refractivity contribution in [1.29, 1.82) is 0 Å². The van der Waals surface area contributed by atoms with Crippen molar-refractivity contribution in [3.8, 4) is 5.75 Å². The summed E-state index contributed by atoms with van der Waals surface area (Å²) in [6, 6.07) is 4.91. The number of fused-ring (bicyclic) bond motifs is 1. The minimum absolute atomic E-state index is 0.0419. The standard InChI is InChI=1S/C19H20N4O5S2/c1-2-6-23-18(13-5-7-30(26,27)11-13)21-22-19(23)29-10-15(24)12-3-4-16-14(8-12)20-17(25)9-28-16/h2-4,8,13H,1,5-7,9-11H2,(H,20,25). The maximum absolute atomic E-state index is 12.7.